The van der Waals surface area contributed by atoms with Crippen molar-refractivity contribution < 1.29 is 9.90 Å². The van der Waals surface area contributed by atoms with Gasteiger partial charge in [-0.05, 0) is 50.8 Å². The van der Waals surface area contributed by atoms with Crippen LogP contribution in [0, 0.1) is 6.92 Å². The third-order valence-corrected chi connectivity index (χ3v) is 5.07. The van der Waals surface area contributed by atoms with Crippen molar-refractivity contribution >= 4 is 23.0 Å². The zero-order chi connectivity index (χ0) is 18.5. The van der Waals surface area contributed by atoms with Gasteiger partial charge in [-0.25, -0.2) is 4.99 Å². The van der Waals surface area contributed by atoms with Crippen LogP contribution in [-0.4, -0.2) is 47.9 Å². The first-order valence-electron chi connectivity index (χ1n) is 8.87. The number of ketones is 1. The number of hydrogen-bond donors (Lipinski definition) is 1. The van der Waals surface area contributed by atoms with Gasteiger partial charge in [-0.3, -0.25) is 4.79 Å². The average molecular weight is 349 g/mol. The van der Waals surface area contributed by atoms with E-state index >= 15 is 0 Å². The van der Waals surface area contributed by atoms with Crippen molar-refractivity contribution in [1.29, 1.82) is 0 Å². The molecule has 5 heteroatoms. The molecule has 0 aliphatic carbocycles. The summed E-state index contributed by atoms with van der Waals surface area (Å²) in [6, 6.07) is 13.8. The lowest BCUT2D eigenvalue weighted by molar-refractivity contribution is 0.0602. The van der Waals surface area contributed by atoms with Gasteiger partial charge in [0.15, 0.2) is 5.60 Å². The Morgan fingerprint density at radius 1 is 1.19 bits per heavy atom. The van der Waals surface area contributed by atoms with E-state index in [4.69, 9.17) is 0 Å². The molecule has 5 nitrogen and oxygen atoms in total. The molecule has 2 aliphatic rings. The van der Waals surface area contributed by atoms with E-state index in [1.165, 1.54) is 5.56 Å². The molecule has 0 bridgehead atoms. The average Bonchev–Trinajstić information content (AvgIpc) is 2.94. The second-order valence-electron chi connectivity index (χ2n) is 7.45. The molecule has 2 aliphatic heterocycles. The van der Waals surface area contributed by atoms with Crippen LogP contribution in [0.15, 0.2) is 47.5 Å². The van der Waals surface area contributed by atoms with E-state index in [2.05, 4.69) is 22.0 Å². The number of carbonyl (C=O) groups excluding carboxylic acids is 1. The van der Waals surface area contributed by atoms with Gasteiger partial charge in [0.2, 0.25) is 5.78 Å². The number of nitrogens with zero attached hydrogens (tertiary/aromatic N) is 3. The quantitative estimate of drug-likeness (QED) is 0.926. The van der Waals surface area contributed by atoms with Crippen molar-refractivity contribution in [1.82, 2.24) is 4.90 Å². The highest BCUT2D eigenvalue weighted by atomic mass is 16.3. The fourth-order valence-electron chi connectivity index (χ4n) is 3.75. The monoisotopic (exact) mass is 349 g/mol. The van der Waals surface area contributed by atoms with Gasteiger partial charge in [-0.1, -0.05) is 23.8 Å². The molecule has 4 rings (SSSR count). The van der Waals surface area contributed by atoms with Crippen molar-refractivity contribution in [2.75, 3.05) is 25.5 Å². The van der Waals surface area contributed by atoms with Crippen molar-refractivity contribution in [2.24, 2.45) is 4.99 Å². The lowest BCUT2D eigenvalue weighted by atomic mass is 9.87. The van der Waals surface area contributed by atoms with Gasteiger partial charge in [0.25, 0.3) is 0 Å². The SMILES string of the molecule is Cc1ccc2c(c1)C(=O)C1(O)CCN(c3ccc(CN(C)C)cc3)C1=N2. The number of aliphatic imine (C=N–C) groups is 1. The van der Waals surface area contributed by atoms with E-state index in [-0.39, 0.29) is 5.78 Å². The topological polar surface area (TPSA) is 56.1 Å². The van der Waals surface area contributed by atoms with E-state index in [1.807, 2.05) is 56.3 Å². The van der Waals surface area contributed by atoms with Crippen LogP contribution in [0.3, 0.4) is 0 Å². The summed E-state index contributed by atoms with van der Waals surface area (Å²) in [5.41, 5.74) is 2.78. The summed E-state index contributed by atoms with van der Waals surface area (Å²) in [5, 5.41) is 11.1. The predicted molar refractivity (Wildman–Crippen MR) is 103 cm³/mol. The summed E-state index contributed by atoms with van der Waals surface area (Å²) < 4.78 is 0. The minimum absolute atomic E-state index is 0.243. The highest BCUT2D eigenvalue weighted by Crippen LogP contribution is 2.39. The standard InChI is InChI=1S/C21H23N3O2/c1-14-4-9-18-17(12-14)19(25)21(26)10-11-24(20(21)22-18)16-7-5-15(6-8-16)13-23(2)3/h4-9,12,26H,10-11,13H2,1-3H3. The van der Waals surface area contributed by atoms with E-state index in [0.717, 1.165) is 17.8 Å². The minimum Gasteiger partial charge on any atom is -0.374 e. The van der Waals surface area contributed by atoms with Gasteiger partial charge in [0.05, 0.1) is 5.69 Å². The molecular formula is C21H23N3O2. The van der Waals surface area contributed by atoms with E-state index in [0.29, 0.717) is 30.1 Å². The smallest absolute Gasteiger partial charge is 0.204 e. The van der Waals surface area contributed by atoms with Crippen LogP contribution in [0.5, 0.6) is 0 Å². The maximum absolute atomic E-state index is 13.0. The number of aliphatic hydroxyl groups is 1. The Labute approximate surface area is 153 Å². The van der Waals surface area contributed by atoms with Gasteiger partial charge >= 0.3 is 0 Å². The Balaban J connectivity index is 1.72. The van der Waals surface area contributed by atoms with E-state index in [1.54, 1.807) is 0 Å². The van der Waals surface area contributed by atoms with E-state index < -0.39 is 5.60 Å². The number of rotatable bonds is 3. The van der Waals surface area contributed by atoms with Gasteiger partial charge in [-0.15, -0.1) is 0 Å². The first kappa shape index (κ1) is 16.9. The number of aryl methyl sites for hydroxylation is 1. The summed E-state index contributed by atoms with van der Waals surface area (Å²) in [6.07, 6.45) is 0.359. The molecule has 0 radical (unpaired) electrons. The molecule has 1 fully saturated rings. The molecule has 134 valence electrons. The second kappa shape index (κ2) is 6.04. The number of amidine groups is 1. The molecule has 2 aromatic carbocycles. The molecule has 26 heavy (non-hydrogen) atoms. The molecule has 0 saturated carbocycles. The van der Waals surface area contributed by atoms with Crippen LogP contribution >= 0.6 is 0 Å². The van der Waals surface area contributed by atoms with Crippen molar-refractivity contribution in [3.05, 3.63) is 59.2 Å². The first-order chi connectivity index (χ1) is 12.4. The third-order valence-electron chi connectivity index (χ3n) is 5.07. The largest absolute Gasteiger partial charge is 0.374 e. The van der Waals surface area contributed by atoms with Crippen molar-refractivity contribution in [2.45, 2.75) is 25.5 Å². The number of benzene rings is 2. The highest BCUT2D eigenvalue weighted by Gasteiger charge is 2.52. The molecule has 1 unspecified atom stereocenters. The van der Waals surface area contributed by atoms with Gasteiger partial charge < -0.3 is 14.9 Å². The maximum atomic E-state index is 13.0. The summed E-state index contributed by atoms with van der Waals surface area (Å²) in [4.78, 5) is 21.7. The third kappa shape index (κ3) is 2.64. The molecule has 0 spiro atoms. The van der Waals surface area contributed by atoms with Crippen LogP contribution < -0.4 is 4.90 Å². The lowest BCUT2D eigenvalue weighted by Crippen LogP contribution is -2.48. The molecule has 2 aromatic rings. The molecular weight excluding hydrogens is 326 g/mol. The molecule has 0 aromatic heterocycles. The van der Waals surface area contributed by atoms with Gasteiger partial charge in [-0.2, -0.15) is 0 Å². The van der Waals surface area contributed by atoms with Gasteiger partial charge in [0.1, 0.15) is 5.84 Å². The summed E-state index contributed by atoms with van der Waals surface area (Å²) in [5.74, 6) is 0.201. The summed E-state index contributed by atoms with van der Waals surface area (Å²) in [7, 11) is 4.08. The Morgan fingerprint density at radius 3 is 2.62 bits per heavy atom. The number of hydrogen-bond acceptors (Lipinski definition) is 5. The van der Waals surface area contributed by atoms with Crippen molar-refractivity contribution in [3.63, 3.8) is 0 Å². The first-order valence-corrected chi connectivity index (χ1v) is 8.87. The van der Waals surface area contributed by atoms with Crippen LogP contribution in [0.25, 0.3) is 0 Å². The number of carbonyl (C=O) groups is 1. The highest BCUT2D eigenvalue weighted by molar-refractivity contribution is 6.28. The predicted octanol–water partition coefficient (Wildman–Crippen LogP) is 2.92. The molecule has 0 amide bonds. The van der Waals surface area contributed by atoms with Crippen LogP contribution in [-0.2, 0) is 6.54 Å². The van der Waals surface area contributed by atoms with Crippen LogP contribution in [0.2, 0.25) is 0 Å². The molecule has 2 heterocycles. The van der Waals surface area contributed by atoms with Crippen LogP contribution in [0.4, 0.5) is 11.4 Å². The van der Waals surface area contributed by atoms with Crippen molar-refractivity contribution in [3.8, 4) is 0 Å². The summed E-state index contributed by atoms with van der Waals surface area (Å²) in [6.45, 7) is 3.38. The zero-order valence-corrected chi connectivity index (χ0v) is 15.4. The molecule has 1 saturated heterocycles. The molecule has 1 N–H and O–H groups in total. The summed E-state index contributed by atoms with van der Waals surface area (Å²) >= 11 is 0. The Hall–Kier alpha value is -2.50. The second-order valence-corrected chi connectivity index (χ2v) is 7.45. The van der Waals surface area contributed by atoms with Gasteiger partial charge in [0, 0.05) is 30.8 Å². The fraction of sp³-hybridized carbons (Fsp3) is 0.333. The van der Waals surface area contributed by atoms with Crippen LogP contribution in [0.1, 0.15) is 27.9 Å². The Bertz CT molecular complexity index is 902. The fourth-order valence-corrected chi connectivity index (χ4v) is 3.75. The van der Waals surface area contributed by atoms with E-state index in [9.17, 15) is 9.90 Å². The number of fused-ring (bicyclic) bond motifs is 2. The Morgan fingerprint density at radius 2 is 1.92 bits per heavy atom. The minimum atomic E-state index is -1.52. The number of Topliss-reactive ketones (excluding diaryl/α,β-unsaturated/α-hetero) is 1. The Kier molecular flexibility index (Phi) is 3.93. The molecule has 1 atom stereocenters. The normalized spacial score (nSPS) is 21.7. The maximum Gasteiger partial charge on any atom is 0.204 e. The lowest BCUT2D eigenvalue weighted by Gasteiger charge is -2.30. The zero-order valence-electron chi connectivity index (χ0n) is 15.4. The number of anilines is 1.